The van der Waals surface area contributed by atoms with Crippen LogP contribution in [0, 0.1) is 11.6 Å². The largest absolute Gasteiger partial charge is 0.451 e. The molecule has 1 heterocycles. The molecule has 138 valence electrons. The monoisotopic (exact) mass is 390 g/mol. The molecule has 3 rings (SSSR count). The van der Waals surface area contributed by atoms with Gasteiger partial charge < -0.3 is 10.1 Å². The summed E-state index contributed by atoms with van der Waals surface area (Å²) < 4.78 is 32.5. The number of hydrogen-bond acceptors (Lipinski definition) is 5. The standard InChI is InChI=1S/C18H12F2N2O4S/c19-11-5-3-7-14-10(11)8-15(27-14)17(24)26-9-16(23)22-18(25)21-13-6-2-1-4-12(13)20/h1-8H,9H2,(H2,21,22,23,25). The number of imide groups is 1. The van der Waals surface area contributed by atoms with E-state index in [0.717, 1.165) is 17.4 Å². The molecule has 27 heavy (non-hydrogen) atoms. The Morgan fingerprint density at radius 2 is 1.74 bits per heavy atom. The van der Waals surface area contributed by atoms with Gasteiger partial charge in [-0.2, -0.15) is 0 Å². The molecule has 0 saturated heterocycles. The van der Waals surface area contributed by atoms with Crippen LogP contribution in [0.5, 0.6) is 0 Å². The van der Waals surface area contributed by atoms with Crippen LogP contribution < -0.4 is 10.6 Å². The van der Waals surface area contributed by atoms with Gasteiger partial charge in [0.2, 0.25) is 0 Å². The quantitative estimate of drug-likeness (QED) is 0.666. The Labute approximate surface area is 155 Å². The van der Waals surface area contributed by atoms with E-state index in [9.17, 15) is 23.2 Å². The van der Waals surface area contributed by atoms with E-state index in [1.54, 1.807) is 6.07 Å². The molecule has 0 saturated carbocycles. The van der Waals surface area contributed by atoms with Gasteiger partial charge >= 0.3 is 12.0 Å². The van der Waals surface area contributed by atoms with Gasteiger partial charge in [0, 0.05) is 10.1 Å². The number of rotatable bonds is 4. The number of esters is 1. The maximum atomic E-state index is 13.6. The van der Waals surface area contributed by atoms with Crippen molar-refractivity contribution in [2.24, 2.45) is 0 Å². The minimum atomic E-state index is -0.968. The Hall–Kier alpha value is -3.33. The fourth-order valence-electron chi connectivity index (χ4n) is 2.21. The molecule has 0 atom stereocenters. The predicted octanol–water partition coefficient (Wildman–Crippen LogP) is 3.68. The van der Waals surface area contributed by atoms with Crippen LogP contribution in [0.15, 0.2) is 48.5 Å². The summed E-state index contributed by atoms with van der Waals surface area (Å²) in [6.07, 6.45) is 0. The Bertz CT molecular complexity index is 1040. The van der Waals surface area contributed by atoms with Crippen molar-refractivity contribution in [2.45, 2.75) is 0 Å². The first-order valence-electron chi connectivity index (χ1n) is 7.64. The molecule has 0 bridgehead atoms. The molecule has 0 fully saturated rings. The number of benzene rings is 2. The molecule has 0 aliphatic carbocycles. The van der Waals surface area contributed by atoms with Crippen LogP contribution in [0.25, 0.3) is 10.1 Å². The van der Waals surface area contributed by atoms with E-state index in [-0.39, 0.29) is 16.0 Å². The van der Waals surface area contributed by atoms with Gasteiger partial charge in [-0.15, -0.1) is 11.3 Å². The van der Waals surface area contributed by atoms with E-state index in [1.807, 2.05) is 5.32 Å². The number of para-hydroxylation sites is 1. The van der Waals surface area contributed by atoms with Crippen molar-refractivity contribution in [3.63, 3.8) is 0 Å². The van der Waals surface area contributed by atoms with Crippen LogP contribution in [-0.2, 0) is 9.53 Å². The Morgan fingerprint density at radius 1 is 1.00 bits per heavy atom. The third-order valence-corrected chi connectivity index (χ3v) is 4.50. The van der Waals surface area contributed by atoms with Crippen LogP contribution in [0.4, 0.5) is 19.3 Å². The lowest BCUT2D eigenvalue weighted by Crippen LogP contribution is -2.37. The molecule has 0 aliphatic rings. The molecular weight excluding hydrogens is 378 g/mol. The van der Waals surface area contributed by atoms with Crippen LogP contribution in [-0.4, -0.2) is 24.5 Å². The van der Waals surface area contributed by atoms with E-state index in [2.05, 4.69) is 5.32 Å². The number of thiophene rings is 1. The number of hydrogen-bond donors (Lipinski definition) is 2. The molecule has 3 aromatic rings. The second-order valence-corrected chi connectivity index (χ2v) is 6.40. The third kappa shape index (κ3) is 4.45. The normalized spacial score (nSPS) is 10.4. The topological polar surface area (TPSA) is 84.5 Å². The van der Waals surface area contributed by atoms with Crippen molar-refractivity contribution in [1.29, 1.82) is 0 Å². The summed E-state index contributed by atoms with van der Waals surface area (Å²) in [7, 11) is 0. The van der Waals surface area contributed by atoms with E-state index in [4.69, 9.17) is 4.74 Å². The number of halogens is 2. The lowest BCUT2D eigenvalue weighted by molar-refractivity contribution is -0.123. The summed E-state index contributed by atoms with van der Waals surface area (Å²) in [5.41, 5.74) is -0.105. The molecule has 9 heteroatoms. The Balaban J connectivity index is 1.53. The smallest absolute Gasteiger partial charge is 0.348 e. The van der Waals surface area contributed by atoms with E-state index >= 15 is 0 Å². The fraction of sp³-hybridized carbons (Fsp3) is 0.0556. The average molecular weight is 390 g/mol. The zero-order valence-electron chi connectivity index (χ0n) is 13.6. The second-order valence-electron chi connectivity index (χ2n) is 5.32. The first-order chi connectivity index (χ1) is 12.9. The SMILES string of the molecule is O=C(COC(=O)c1cc2c(F)cccc2s1)NC(=O)Nc1ccccc1F. The minimum absolute atomic E-state index is 0.105. The number of fused-ring (bicyclic) bond motifs is 1. The van der Waals surface area contributed by atoms with Gasteiger partial charge in [0.05, 0.1) is 5.69 Å². The molecule has 0 radical (unpaired) electrons. The molecule has 1 aromatic heterocycles. The van der Waals surface area contributed by atoms with Crippen molar-refractivity contribution in [3.05, 3.63) is 65.0 Å². The molecular formula is C18H12F2N2O4S. The maximum Gasteiger partial charge on any atom is 0.348 e. The molecule has 2 aromatic carbocycles. The number of carbonyl (C=O) groups excluding carboxylic acids is 3. The van der Waals surface area contributed by atoms with Crippen LogP contribution >= 0.6 is 11.3 Å². The molecule has 6 nitrogen and oxygen atoms in total. The van der Waals surface area contributed by atoms with E-state index in [1.165, 1.54) is 36.4 Å². The van der Waals surface area contributed by atoms with Crippen molar-refractivity contribution in [3.8, 4) is 0 Å². The lowest BCUT2D eigenvalue weighted by Gasteiger charge is -2.07. The summed E-state index contributed by atoms with van der Waals surface area (Å²) >= 11 is 1.02. The number of anilines is 1. The van der Waals surface area contributed by atoms with Crippen LogP contribution in [0.3, 0.4) is 0 Å². The first-order valence-corrected chi connectivity index (χ1v) is 8.46. The highest BCUT2D eigenvalue weighted by Gasteiger charge is 2.16. The molecule has 0 aliphatic heterocycles. The van der Waals surface area contributed by atoms with Gasteiger partial charge in [0.15, 0.2) is 6.61 Å². The zero-order chi connectivity index (χ0) is 19.4. The van der Waals surface area contributed by atoms with Crippen molar-refractivity contribution >= 4 is 45.0 Å². The lowest BCUT2D eigenvalue weighted by atomic mass is 10.2. The highest BCUT2D eigenvalue weighted by Crippen LogP contribution is 2.28. The number of nitrogens with one attached hydrogen (secondary N) is 2. The van der Waals surface area contributed by atoms with Crippen molar-refractivity contribution in [1.82, 2.24) is 5.32 Å². The van der Waals surface area contributed by atoms with Crippen molar-refractivity contribution in [2.75, 3.05) is 11.9 Å². The number of ether oxygens (including phenoxy) is 1. The maximum absolute atomic E-state index is 13.6. The number of urea groups is 1. The van der Waals surface area contributed by atoms with Gasteiger partial charge in [0.25, 0.3) is 5.91 Å². The number of carbonyl (C=O) groups is 3. The summed E-state index contributed by atoms with van der Waals surface area (Å²) in [5, 5.41) is 4.35. The minimum Gasteiger partial charge on any atom is -0.451 e. The Kier molecular flexibility index (Phi) is 5.41. The zero-order valence-corrected chi connectivity index (χ0v) is 14.4. The predicted molar refractivity (Wildman–Crippen MR) is 95.6 cm³/mol. The van der Waals surface area contributed by atoms with Gasteiger partial charge in [-0.05, 0) is 30.3 Å². The first kappa shape index (κ1) is 18.5. The summed E-state index contributed by atoms with van der Waals surface area (Å²) in [6, 6.07) is 10.2. The van der Waals surface area contributed by atoms with E-state index < -0.39 is 36.1 Å². The van der Waals surface area contributed by atoms with Gasteiger partial charge in [-0.1, -0.05) is 18.2 Å². The number of amides is 3. The summed E-state index contributed by atoms with van der Waals surface area (Å²) in [5.74, 6) is -2.85. The van der Waals surface area contributed by atoms with Crippen molar-refractivity contribution < 1.29 is 27.9 Å². The van der Waals surface area contributed by atoms with Crippen LogP contribution in [0.1, 0.15) is 9.67 Å². The summed E-state index contributed by atoms with van der Waals surface area (Å²) in [4.78, 5) is 35.5. The third-order valence-electron chi connectivity index (χ3n) is 3.42. The highest BCUT2D eigenvalue weighted by atomic mass is 32.1. The van der Waals surface area contributed by atoms with E-state index in [0.29, 0.717) is 4.70 Å². The Morgan fingerprint density at radius 3 is 2.48 bits per heavy atom. The highest BCUT2D eigenvalue weighted by molar-refractivity contribution is 7.20. The molecule has 2 N–H and O–H groups in total. The average Bonchev–Trinajstić information content (AvgIpc) is 3.07. The van der Waals surface area contributed by atoms with Gasteiger partial charge in [-0.3, -0.25) is 10.1 Å². The van der Waals surface area contributed by atoms with Crippen LogP contribution in [0.2, 0.25) is 0 Å². The van der Waals surface area contributed by atoms with Gasteiger partial charge in [-0.25, -0.2) is 18.4 Å². The molecule has 3 amide bonds. The van der Waals surface area contributed by atoms with Gasteiger partial charge in [0.1, 0.15) is 16.5 Å². The second kappa shape index (κ2) is 7.92. The molecule has 0 spiro atoms. The summed E-state index contributed by atoms with van der Waals surface area (Å²) in [6.45, 7) is -0.722. The fourth-order valence-corrected chi connectivity index (χ4v) is 3.18. The molecule has 0 unspecified atom stereocenters.